The summed E-state index contributed by atoms with van der Waals surface area (Å²) < 4.78 is 4.02. The Labute approximate surface area is 76.1 Å². The van der Waals surface area contributed by atoms with Crippen molar-refractivity contribution in [1.82, 2.24) is 0 Å². The van der Waals surface area contributed by atoms with Gasteiger partial charge in [0.25, 0.3) is 0 Å². The van der Waals surface area contributed by atoms with Gasteiger partial charge in [0.05, 0.1) is 0 Å². The second-order valence-electron chi connectivity index (χ2n) is 3.41. The van der Waals surface area contributed by atoms with Crippen molar-refractivity contribution < 1.29 is 0 Å². The third kappa shape index (κ3) is 1.68. The van der Waals surface area contributed by atoms with E-state index in [0.29, 0.717) is 0 Å². The molecule has 11 heavy (non-hydrogen) atoms. The zero-order valence-corrected chi connectivity index (χ0v) is 9.17. The second kappa shape index (κ2) is 3.30. The number of fused-ring (bicyclic) bond motifs is 1. The summed E-state index contributed by atoms with van der Waals surface area (Å²) in [6.07, 6.45) is 9.18. The van der Waals surface area contributed by atoms with Crippen LogP contribution in [0.5, 0.6) is 0 Å². The number of hydrogen-bond donors (Lipinski definition) is 0. The van der Waals surface area contributed by atoms with Crippen molar-refractivity contribution in [3.63, 3.8) is 0 Å². The zero-order chi connectivity index (χ0) is 7.68. The summed E-state index contributed by atoms with van der Waals surface area (Å²) in [6, 6.07) is 0. The molecule has 0 amide bonds. The van der Waals surface area contributed by atoms with E-state index in [0.717, 1.165) is 5.92 Å². The van der Waals surface area contributed by atoms with Crippen LogP contribution < -0.4 is 0 Å². The molecule has 0 saturated carbocycles. The minimum atomic E-state index is -0.594. The first-order chi connectivity index (χ1) is 5.36. The molecule has 0 spiro atoms. The summed E-state index contributed by atoms with van der Waals surface area (Å²) in [5, 5.41) is 0. The standard InChI is InChI=1S/C10H15I/c1-11-7-6-9-4-2-3-5-10(9)8-11/h5-7,9H,2-4,8H2,1H3. The van der Waals surface area contributed by atoms with Crippen LogP contribution in [0.3, 0.4) is 0 Å². The van der Waals surface area contributed by atoms with Gasteiger partial charge in [-0.2, -0.15) is 0 Å². The normalized spacial score (nSPS) is 33.0. The molecule has 1 unspecified atom stereocenters. The summed E-state index contributed by atoms with van der Waals surface area (Å²) in [5.74, 6) is 0.859. The summed E-state index contributed by atoms with van der Waals surface area (Å²) in [5.41, 5.74) is 1.78. The fourth-order valence-corrected chi connectivity index (χ4v) is 5.57. The molecular formula is C10H15I. The Morgan fingerprint density at radius 3 is 3.36 bits per heavy atom. The molecule has 0 aromatic carbocycles. The van der Waals surface area contributed by atoms with Crippen LogP contribution in [0.4, 0.5) is 0 Å². The van der Waals surface area contributed by atoms with Gasteiger partial charge >= 0.3 is 76.2 Å². The van der Waals surface area contributed by atoms with Crippen molar-refractivity contribution in [2.45, 2.75) is 19.3 Å². The molecule has 1 atom stereocenters. The molecule has 1 heteroatoms. The summed E-state index contributed by atoms with van der Waals surface area (Å²) in [6.45, 7) is 0. The van der Waals surface area contributed by atoms with Crippen molar-refractivity contribution in [2.75, 3.05) is 9.36 Å². The van der Waals surface area contributed by atoms with Gasteiger partial charge in [-0.05, 0) is 0 Å². The van der Waals surface area contributed by atoms with E-state index in [9.17, 15) is 0 Å². The Hall–Kier alpha value is 0.210. The molecule has 0 bridgehead atoms. The van der Waals surface area contributed by atoms with E-state index in [-0.39, 0.29) is 0 Å². The van der Waals surface area contributed by atoms with E-state index in [1.54, 1.807) is 5.57 Å². The molecule has 62 valence electrons. The first-order valence-electron chi connectivity index (χ1n) is 4.28. The molecule has 0 aromatic rings. The Kier molecular flexibility index (Phi) is 2.35. The zero-order valence-electron chi connectivity index (χ0n) is 7.02. The summed E-state index contributed by atoms with van der Waals surface area (Å²) in [4.78, 5) is 2.46. The summed E-state index contributed by atoms with van der Waals surface area (Å²) in [7, 11) is 0. The van der Waals surface area contributed by atoms with Crippen LogP contribution in [0.25, 0.3) is 0 Å². The third-order valence-corrected chi connectivity index (χ3v) is 6.21. The molecule has 0 nitrogen and oxygen atoms in total. The van der Waals surface area contributed by atoms with E-state index in [1.807, 2.05) is 0 Å². The molecule has 1 aliphatic heterocycles. The van der Waals surface area contributed by atoms with E-state index in [2.05, 4.69) is 21.2 Å². The molecule has 0 fully saturated rings. The van der Waals surface area contributed by atoms with Crippen LogP contribution in [0.15, 0.2) is 21.8 Å². The predicted molar refractivity (Wildman–Crippen MR) is 59.4 cm³/mol. The molecule has 0 radical (unpaired) electrons. The van der Waals surface area contributed by atoms with Crippen LogP contribution in [0.2, 0.25) is 0 Å². The fraction of sp³-hybridized carbons (Fsp3) is 0.600. The van der Waals surface area contributed by atoms with Gasteiger partial charge in [-0.1, -0.05) is 0 Å². The molecule has 0 N–H and O–H groups in total. The van der Waals surface area contributed by atoms with Crippen molar-refractivity contribution in [2.24, 2.45) is 5.92 Å². The van der Waals surface area contributed by atoms with Gasteiger partial charge in [0.1, 0.15) is 0 Å². The maximum absolute atomic E-state index is 2.54. The van der Waals surface area contributed by atoms with Gasteiger partial charge in [0.15, 0.2) is 0 Å². The fourth-order valence-electron chi connectivity index (χ4n) is 1.84. The first-order valence-corrected chi connectivity index (χ1v) is 9.21. The Morgan fingerprint density at radius 1 is 1.55 bits per heavy atom. The molecule has 2 aliphatic rings. The van der Waals surface area contributed by atoms with E-state index < -0.39 is 19.8 Å². The number of alkyl halides is 2. The van der Waals surface area contributed by atoms with Gasteiger partial charge < -0.3 is 0 Å². The second-order valence-corrected chi connectivity index (χ2v) is 8.54. The van der Waals surface area contributed by atoms with E-state index >= 15 is 0 Å². The quantitative estimate of drug-likeness (QED) is 0.356. The van der Waals surface area contributed by atoms with E-state index in [1.165, 1.54) is 23.7 Å². The van der Waals surface area contributed by atoms with Crippen molar-refractivity contribution >= 4 is 19.8 Å². The molecule has 1 heterocycles. The Bertz CT molecular complexity index is 203. The van der Waals surface area contributed by atoms with Crippen LogP contribution in [0, 0.1) is 5.92 Å². The van der Waals surface area contributed by atoms with Crippen LogP contribution in [0.1, 0.15) is 19.3 Å². The van der Waals surface area contributed by atoms with Gasteiger partial charge in [0, 0.05) is 0 Å². The molecular weight excluding hydrogens is 247 g/mol. The van der Waals surface area contributed by atoms with E-state index in [4.69, 9.17) is 0 Å². The summed E-state index contributed by atoms with van der Waals surface area (Å²) >= 11 is -0.594. The number of rotatable bonds is 0. The minimum absolute atomic E-state index is 0.594. The van der Waals surface area contributed by atoms with Crippen molar-refractivity contribution in [3.8, 4) is 0 Å². The molecule has 2 rings (SSSR count). The first kappa shape index (κ1) is 7.84. The third-order valence-electron chi connectivity index (χ3n) is 2.49. The number of hydrogen-bond acceptors (Lipinski definition) is 0. The van der Waals surface area contributed by atoms with Gasteiger partial charge in [-0.25, -0.2) is 0 Å². The number of halogens is 1. The SMILES string of the molecule is CI1C=CC2CCCC=C2C1. The topological polar surface area (TPSA) is 0 Å². The average molecular weight is 262 g/mol. The van der Waals surface area contributed by atoms with Crippen molar-refractivity contribution in [3.05, 3.63) is 21.8 Å². The molecule has 1 aliphatic carbocycles. The number of allylic oxidation sites excluding steroid dienone is 3. The maximum atomic E-state index is 2.54. The average Bonchev–Trinajstić information content (AvgIpc) is 2.04. The molecule has 0 aromatic heterocycles. The Balaban J connectivity index is 2.19. The van der Waals surface area contributed by atoms with Crippen LogP contribution in [-0.4, -0.2) is 9.36 Å². The Morgan fingerprint density at radius 2 is 2.45 bits per heavy atom. The monoisotopic (exact) mass is 262 g/mol. The predicted octanol–water partition coefficient (Wildman–Crippen LogP) is 3.38. The molecule has 0 saturated heterocycles. The van der Waals surface area contributed by atoms with Gasteiger partial charge in [0.2, 0.25) is 0 Å². The van der Waals surface area contributed by atoms with Crippen molar-refractivity contribution in [1.29, 1.82) is 0 Å². The van der Waals surface area contributed by atoms with Gasteiger partial charge in [-0.3, -0.25) is 0 Å². The van der Waals surface area contributed by atoms with Crippen LogP contribution >= 0.6 is 19.8 Å². The van der Waals surface area contributed by atoms with Crippen LogP contribution in [-0.2, 0) is 0 Å². The van der Waals surface area contributed by atoms with Gasteiger partial charge in [-0.15, -0.1) is 0 Å².